The van der Waals surface area contributed by atoms with Gasteiger partial charge in [0.25, 0.3) is 11.8 Å². The number of benzene rings is 3. The molecule has 0 bridgehead atoms. The molecule has 1 fully saturated rings. The molecule has 1 saturated heterocycles. The first-order chi connectivity index (χ1) is 17.2. The van der Waals surface area contributed by atoms with E-state index in [1.54, 1.807) is 43.3 Å². The number of nitrogens with one attached hydrogen (secondary N) is 1. The van der Waals surface area contributed by atoms with Crippen LogP contribution in [0.3, 0.4) is 0 Å². The molecule has 7 nitrogen and oxygen atoms in total. The average molecular weight is 525 g/mol. The molecular weight excluding hydrogens is 503 g/mol. The van der Waals surface area contributed by atoms with Crippen LogP contribution in [0.4, 0.5) is 10.5 Å². The minimum absolute atomic E-state index is 0.220. The van der Waals surface area contributed by atoms with Crippen LogP contribution >= 0.6 is 23.2 Å². The van der Waals surface area contributed by atoms with E-state index < -0.39 is 17.8 Å². The largest absolute Gasteiger partial charge is 0.493 e. The lowest BCUT2D eigenvalue weighted by atomic mass is 10.0. The molecule has 0 spiro atoms. The summed E-state index contributed by atoms with van der Waals surface area (Å²) in [7, 11) is 1.46. The highest BCUT2D eigenvalue weighted by molar-refractivity contribution is 6.39. The third-order valence-electron chi connectivity index (χ3n) is 5.55. The van der Waals surface area contributed by atoms with Crippen LogP contribution in [-0.2, 0) is 16.2 Å². The van der Waals surface area contributed by atoms with Gasteiger partial charge in [-0.15, -0.1) is 0 Å². The Kier molecular flexibility index (Phi) is 7.33. The lowest BCUT2D eigenvalue weighted by Crippen LogP contribution is -2.54. The zero-order chi connectivity index (χ0) is 26.0. The van der Waals surface area contributed by atoms with Crippen molar-refractivity contribution in [3.63, 3.8) is 0 Å². The van der Waals surface area contributed by atoms with E-state index >= 15 is 0 Å². The van der Waals surface area contributed by atoms with Gasteiger partial charge in [0.05, 0.1) is 17.8 Å². The summed E-state index contributed by atoms with van der Waals surface area (Å²) < 4.78 is 11.3. The van der Waals surface area contributed by atoms with Crippen LogP contribution in [0.15, 0.2) is 60.2 Å². The molecule has 0 unspecified atom stereocenters. The Morgan fingerprint density at radius 3 is 2.36 bits per heavy atom. The minimum Gasteiger partial charge on any atom is -0.493 e. The van der Waals surface area contributed by atoms with Crippen LogP contribution in [0.1, 0.15) is 22.3 Å². The molecule has 1 aliphatic heterocycles. The molecule has 184 valence electrons. The van der Waals surface area contributed by atoms with E-state index in [9.17, 15) is 14.4 Å². The van der Waals surface area contributed by atoms with Crippen molar-refractivity contribution in [3.05, 3.63) is 92.5 Å². The zero-order valence-electron chi connectivity index (χ0n) is 19.7. The van der Waals surface area contributed by atoms with Gasteiger partial charge in [-0.05, 0) is 66.9 Å². The number of urea groups is 1. The molecule has 0 saturated carbocycles. The Labute approximate surface area is 218 Å². The predicted molar refractivity (Wildman–Crippen MR) is 139 cm³/mol. The average Bonchev–Trinajstić information content (AvgIpc) is 2.83. The minimum atomic E-state index is -0.810. The summed E-state index contributed by atoms with van der Waals surface area (Å²) in [6, 6.07) is 14.8. The van der Waals surface area contributed by atoms with Crippen molar-refractivity contribution in [1.82, 2.24) is 5.32 Å². The second kappa shape index (κ2) is 10.4. The van der Waals surface area contributed by atoms with Gasteiger partial charge in [0.1, 0.15) is 12.2 Å². The van der Waals surface area contributed by atoms with E-state index in [1.165, 1.54) is 13.2 Å². The van der Waals surface area contributed by atoms with Gasteiger partial charge in [0.2, 0.25) is 0 Å². The number of methoxy groups -OCH3 is 1. The number of amides is 4. The number of rotatable bonds is 6. The van der Waals surface area contributed by atoms with Crippen molar-refractivity contribution in [1.29, 1.82) is 0 Å². The number of ether oxygens (including phenoxy) is 2. The molecule has 1 heterocycles. The van der Waals surface area contributed by atoms with E-state index in [4.69, 9.17) is 32.7 Å². The van der Waals surface area contributed by atoms with Crippen LogP contribution in [0.5, 0.6) is 11.5 Å². The molecule has 4 rings (SSSR count). The number of nitrogens with zero attached hydrogens (tertiary/aromatic N) is 1. The molecule has 3 aromatic carbocycles. The van der Waals surface area contributed by atoms with E-state index in [-0.39, 0.29) is 17.2 Å². The highest BCUT2D eigenvalue weighted by Crippen LogP contribution is 2.38. The molecule has 9 heteroatoms. The van der Waals surface area contributed by atoms with Crippen molar-refractivity contribution in [3.8, 4) is 11.5 Å². The lowest BCUT2D eigenvalue weighted by Gasteiger charge is -2.27. The van der Waals surface area contributed by atoms with Gasteiger partial charge in [-0.1, -0.05) is 53.0 Å². The molecular formula is C27H22Cl2N2O5. The number of imide groups is 2. The summed E-state index contributed by atoms with van der Waals surface area (Å²) in [5.41, 5.74) is 3.17. The van der Waals surface area contributed by atoms with E-state index in [1.807, 2.05) is 25.1 Å². The van der Waals surface area contributed by atoms with Crippen LogP contribution in [-0.4, -0.2) is 25.0 Å². The molecule has 1 aliphatic rings. The van der Waals surface area contributed by atoms with Crippen LogP contribution in [0, 0.1) is 13.8 Å². The summed E-state index contributed by atoms with van der Waals surface area (Å²) >= 11 is 12.4. The molecule has 0 aromatic heterocycles. The Hall–Kier alpha value is -3.81. The molecule has 36 heavy (non-hydrogen) atoms. The smallest absolute Gasteiger partial charge is 0.335 e. The van der Waals surface area contributed by atoms with Gasteiger partial charge < -0.3 is 9.47 Å². The van der Waals surface area contributed by atoms with Crippen molar-refractivity contribution in [2.75, 3.05) is 12.0 Å². The second-order valence-electron chi connectivity index (χ2n) is 8.20. The van der Waals surface area contributed by atoms with E-state index in [0.717, 1.165) is 21.6 Å². The van der Waals surface area contributed by atoms with Crippen molar-refractivity contribution in [2.24, 2.45) is 0 Å². The Morgan fingerprint density at radius 2 is 1.69 bits per heavy atom. The van der Waals surface area contributed by atoms with Crippen molar-refractivity contribution < 1.29 is 23.9 Å². The standard InChI is InChI=1S/C27H22Cl2N2O5/c1-15-4-9-22(16(2)10-15)31-26(33)20(25(32)30-27(31)34)11-18-12-21(29)24(23(13-18)35-3)36-14-17-5-7-19(28)8-6-17/h4-13H,14H2,1-3H3,(H,30,32,34)/b20-11+. The molecule has 3 aromatic rings. The van der Waals surface area contributed by atoms with Crippen molar-refractivity contribution >= 4 is 52.8 Å². The summed E-state index contributed by atoms with van der Waals surface area (Å²) in [5.74, 6) is -0.921. The maximum atomic E-state index is 13.3. The first-order valence-corrected chi connectivity index (χ1v) is 11.7. The monoisotopic (exact) mass is 524 g/mol. The number of hydrogen-bond donors (Lipinski definition) is 1. The highest BCUT2D eigenvalue weighted by Gasteiger charge is 2.37. The number of halogens is 2. The summed E-state index contributed by atoms with van der Waals surface area (Å²) in [5, 5.41) is 3.07. The highest BCUT2D eigenvalue weighted by atomic mass is 35.5. The molecule has 0 aliphatic carbocycles. The fraction of sp³-hybridized carbons (Fsp3) is 0.148. The van der Waals surface area contributed by atoms with Gasteiger partial charge in [0.15, 0.2) is 11.5 Å². The van der Waals surface area contributed by atoms with Gasteiger partial charge in [-0.3, -0.25) is 14.9 Å². The molecule has 0 atom stereocenters. The predicted octanol–water partition coefficient (Wildman–Crippen LogP) is 5.86. The summed E-state index contributed by atoms with van der Waals surface area (Å²) in [6.07, 6.45) is 1.36. The van der Waals surface area contributed by atoms with Gasteiger partial charge in [0, 0.05) is 5.02 Å². The Balaban J connectivity index is 1.65. The van der Waals surface area contributed by atoms with Gasteiger partial charge in [-0.25, -0.2) is 9.69 Å². The Bertz CT molecular complexity index is 1400. The topological polar surface area (TPSA) is 84.9 Å². The fourth-order valence-corrected chi connectivity index (χ4v) is 4.20. The quantitative estimate of drug-likeness (QED) is 0.322. The van der Waals surface area contributed by atoms with E-state index in [0.29, 0.717) is 27.8 Å². The maximum Gasteiger partial charge on any atom is 0.335 e. The molecule has 4 amide bonds. The normalized spacial score (nSPS) is 14.8. The maximum absolute atomic E-state index is 13.3. The van der Waals surface area contributed by atoms with Gasteiger partial charge in [-0.2, -0.15) is 0 Å². The first-order valence-electron chi connectivity index (χ1n) is 10.9. The lowest BCUT2D eigenvalue weighted by molar-refractivity contribution is -0.122. The third-order valence-corrected chi connectivity index (χ3v) is 6.09. The first kappa shape index (κ1) is 25.3. The van der Waals surface area contributed by atoms with E-state index in [2.05, 4.69) is 5.32 Å². The van der Waals surface area contributed by atoms with Crippen LogP contribution in [0.25, 0.3) is 6.08 Å². The van der Waals surface area contributed by atoms with Crippen LogP contribution < -0.4 is 19.7 Å². The number of anilines is 1. The summed E-state index contributed by atoms with van der Waals surface area (Å²) in [4.78, 5) is 39.3. The number of barbiturate groups is 1. The SMILES string of the molecule is COc1cc(/C=C2\C(=O)NC(=O)N(c3ccc(C)cc3C)C2=O)cc(Cl)c1OCc1ccc(Cl)cc1. The number of carbonyl (C=O) groups is 3. The molecule has 0 radical (unpaired) electrons. The summed E-state index contributed by atoms with van der Waals surface area (Å²) in [6.45, 7) is 3.92. The number of hydrogen-bond acceptors (Lipinski definition) is 5. The zero-order valence-corrected chi connectivity index (χ0v) is 21.2. The number of aryl methyl sites for hydroxylation is 2. The Morgan fingerprint density at radius 1 is 0.972 bits per heavy atom. The third kappa shape index (κ3) is 5.22. The number of carbonyl (C=O) groups excluding carboxylic acids is 3. The fourth-order valence-electron chi connectivity index (χ4n) is 3.80. The van der Waals surface area contributed by atoms with Crippen molar-refractivity contribution in [2.45, 2.75) is 20.5 Å². The van der Waals surface area contributed by atoms with Crippen LogP contribution in [0.2, 0.25) is 10.0 Å². The second-order valence-corrected chi connectivity index (χ2v) is 9.04. The van der Waals surface area contributed by atoms with Gasteiger partial charge >= 0.3 is 6.03 Å². The molecule has 1 N–H and O–H groups in total.